The van der Waals surface area contributed by atoms with Crippen molar-refractivity contribution in [3.63, 3.8) is 0 Å². The Morgan fingerprint density at radius 1 is 1.09 bits per heavy atom. The molecule has 0 saturated heterocycles. The first-order valence-corrected chi connectivity index (χ1v) is 11.2. The summed E-state index contributed by atoms with van der Waals surface area (Å²) in [6.45, 7) is 1.12. The molecule has 0 bridgehead atoms. The average Bonchev–Trinajstić information content (AvgIpc) is 3.27. The highest BCUT2D eigenvalue weighted by atomic mass is 35.5. The molecule has 1 fully saturated rings. The summed E-state index contributed by atoms with van der Waals surface area (Å²) in [5.41, 5.74) is 1.85. The monoisotopic (exact) mass is 473 g/mol. The lowest BCUT2D eigenvalue weighted by Crippen LogP contribution is -2.49. The Hall–Kier alpha value is -2.90. The van der Waals surface area contributed by atoms with Gasteiger partial charge in [-0.05, 0) is 48.7 Å². The molecule has 166 valence electrons. The minimum Gasteiger partial charge on any atom is -0.434 e. The Labute approximate surface area is 195 Å². The average molecular weight is 474 g/mol. The molecule has 0 radical (unpaired) electrons. The largest absolute Gasteiger partial charge is 0.434 e. The molecule has 3 aromatic rings. The van der Waals surface area contributed by atoms with Gasteiger partial charge in [-0.3, -0.25) is 9.69 Å². The number of halogens is 2. The fourth-order valence-corrected chi connectivity index (χ4v) is 4.42. The van der Waals surface area contributed by atoms with Crippen LogP contribution in [0.1, 0.15) is 30.1 Å². The van der Waals surface area contributed by atoms with Crippen LogP contribution in [0.3, 0.4) is 0 Å². The summed E-state index contributed by atoms with van der Waals surface area (Å²) in [4.78, 5) is 29.5. The summed E-state index contributed by atoms with van der Waals surface area (Å²) in [6, 6.07) is 12.2. The van der Waals surface area contributed by atoms with E-state index < -0.39 is 6.09 Å². The summed E-state index contributed by atoms with van der Waals surface area (Å²) in [5.74, 6) is -0.0469. The second-order valence-corrected chi connectivity index (χ2v) is 8.76. The summed E-state index contributed by atoms with van der Waals surface area (Å²) >= 11 is 12.4. The maximum Gasteiger partial charge on any atom is 0.418 e. The molecule has 2 amide bonds. The second kappa shape index (κ2) is 8.56. The number of nitrogens with zero attached hydrogens (tertiary/aromatic N) is 3. The molecule has 9 heteroatoms. The van der Waals surface area contributed by atoms with Crippen LogP contribution < -0.4 is 4.74 Å². The van der Waals surface area contributed by atoms with E-state index >= 15 is 0 Å². The van der Waals surface area contributed by atoms with Gasteiger partial charge in [0.05, 0.1) is 22.4 Å². The van der Waals surface area contributed by atoms with Gasteiger partial charge in [0.1, 0.15) is 6.54 Å². The number of aromatic nitrogens is 1. The molecule has 1 unspecified atom stereocenters. The van der Waals surface area contributed by atoms with Crippen LogP contribution in [0.5, 0.6) is 5.95 Å². The number of carbonyl (C=O) groups excluding carboxylic acids is 2. The van der Waals surface area contributed by atoms with Crippen molar-refractivity contribution in [3.05, 3.63) is 76.2 Å². The molecule has 0 spiro atoms. The van der Waals surface area contributed by atoms with Gasteiger partial charge < -0.3 is 18.6 Å². The number of hydrogen-bond acceptors (Lipinski definition) is 4. The lowest BCUT2D eigenvalue weighted by molar-refractivity contribution is -0.134. The number of benzene rings is 1. The van der Waals surface area contributed by atoms with E-state index in [2.05, 4.69) is 4.57 Å². The molecular weight excluding hydrogens is 453 g/mol. The van der Waals surface area contributed by atoms with Crippen molar-refractivity contribution < 1.29 is 18.7 Å². The van der Waals surface area contributed by atoms with Gasteiger partial charge >= 0.3 is 6.09 Å². The second-order valence-electron chi connectivity index (χ2n) is 7.95. The highest BCUT2D eigenvalue weighted by Crippen LogP contribution is 2.36. The smallest absolute Gasteiger partial charge is 0.418 e. The zero-order chi connectivity index (χ0) is 22.2. The van der Waals surface area contributed by atoms with E-state index in [1.165, 1.54) is 11.2 Å². The predicted molar refractivity (Wildman–Crippen MR) is 119 cm³/mol. The van der Waals surface area contributed by atoms with Gasteiger partial charge in [0, 0.05) is 37.1 Å². The maximum absolute atomic E-state index is 13.5. The number of furan rings is 1. The summed E-state index contributed by atoms with van der Waals surface area (Å²) in [6.07, 6.45) is 4.54. The zero-order valence-corrected chi connectivity index (χ0v) is 18.6. The number of carbonyl (C=O) groups is 2. The van der Waals surface area contributed by atoms with Crippen LogP contribution in [0.25, 0.3) is 0 Å². The van der Waals surface area contributed by atoms with E-state index in [-0.39, 0.29) is 30.5 Å². The Morgan fingerprint density at radius 3 is 2.66 bits per heavy atom. The molecule has 2 aliphatic rings. The van der Waals surface area contributed by atoms with Crippen LogP contribution in [0.2, 0.25) is 10.0 Å². The fraction of sp³-hybridized carbons (Fsp3) is 0.304. The van der Waals surface area contributed by atoms with E-state index in [4.69, 9.17) is 32.4 Å². The minimum absolute atomic E-state index is 0.00140. The molecule has 3 heterocycles. The van der Waals surface area contributed by atoms with Gasteiger partial charge in [-0.15, -0.1) is 0 Å². The number of fused-ring (bicyclic) bond motifs is 1. The Balaban J connectivity index is 1.40. The molecular formula is C23H21Cl2N3O4. The van der Waals surface area contributed by atoms with Gasteiger partial charge in [0.15, 0.2) is 0 Å². The van der Waals surface area contributed by atoms with Crippen LogP contribution in [-0.2, 0) is 11.3 Å². The molecule has 1 aliphatic heterocycles. The van der Waals surface area contributed by atoms with Crippen LogP contribution in [0, 0.1) is 0 Å². The first-order valence-electron chi connectivity index (χ1n) is 10.4. The molecule has 7 nitrogen and oxygen atoms in total. The van der Waals surface area contributed by atoms with Gasteiger partial charge in [-0.25, -0.2) is 4.79 Å². The normalized spacial score (nSPS) is 17.7. The van der Waals surface area contributed by atoms with E-state index in [0.29, 0.717) is 23.1 Å². The predicted octanol–water partition coefficient (Wildman–Crippen LogP) is 4.98. The number of hydrogen-bond donors (Lipinski definition) is 0. The van der Waals surface area contributed by atoms with Crippen molar-refractivity contribution in [3.8, 4) is 5.95 Å². The van der Waals surface area contributed by atoms with Crippen molar-refractivity contribution >= 4 is 35.2 Å². The minimum atomic E-state index is -0.581. The zero-order valence-electron chi connectivity index (χ0n) is 17.1. The molecule has 32 heavy (non-hydrogen) atoms. The summed E-state index contributed by atoms with van der Waals surface area (Å²) in [5, 5.41) is 0.891. The molecule has 1 aromatic carbocycles. The standard InChI is InChI=1S/C23H21Cl2N3O4/c24-17-8-5-15(13-18(17)25)22-19-3-1-9-26(19)10-11-27(22)20(29)14-28(16-6-7-16)23(30)32-21-4-2-12-31-21/h1-5,8-9,12-13,16,22H,6-7,10-11,14H2. The molecule has 5 rings (SSSR count). The lowest BCUT2D eigenvalue weighted by Gasteiger charge is -2.38. The number of rotatable bonds is 5. The Bertz CT molecular complexity index is 1140. The topological polar surface area (TPSA) is 67.9 Å². The SMILES string of the molecule is O=C(Oc1ccco1)N(CC(=O)N1CCn2cccc2C1c1ccc(Cl)c(Cl)c1)C1CC1. The molecule has 0 N–H and O–H groups in total. The van der Waals surface area contributed by atoms with Crippen LogP contribution in [0.4, 0.5) is 4.79 Å². The lowest BCUT2D eigenvalue weighted by atomic mass is 9.99. The molecule has 1 saturated carbocycles. The van der Waals surface area contributed by atoms with E-state index in [0.717, 1.165) is 24.1 Å². The van der Waals surface area contributed by atoms with Crippen molar-refractivity contribution in [2.24, 2.45) is 0 Å². The third-order valence-corrected chi connectivity index (χ3v) is 6.57. The fourth-order valence-electron chi connectivity index (χ4n) is 4.12. The first kappa shape index (κ1) is 21.0. The molecule has 1 aliphatic carbocycles. The van der Waals surface area contributed by atoms with Crippen LogP contribution in [-0.4, -0.2) is 45.5 Å². The van der Waals surface area contributed by atoms with Crippen molar-refractivity contribution in [1.82, 2.24) is 14.4 Å². The number of amides is 2. The van der Waals surface area contributed by atoms with Crippen molar-refractivity contribution in [2.45, 2.75) is 31.5 Å². The third-order valence-electron chi connectivity index (χ3n) is 5.83. The van der Waals surface area contributed by atoms with E-state index in [1.807, 2.05) is 24.4 Å². The van der Waals surface area contributed by atoms with Crippen LogP contribution >= 0.6 is 23.2 Å². The highest BCUT2D eigenvalue weighted by molar-refractivity contribution is 6.42. The van der Waals surface area contributed by atoms with Gasteiger partial charge in [0.2, 0.25) is 5.91 Å². The van der Waals surface area contributed by atoms with Crippen LogP contribution in [0.15, 0.2) is 59.3 Å². The Morgan fingerprint density at radius 2 is 1.94 bits per heavy atom. The Kier molecular flexibility index (Phi) is 5.61. The quantitative estimate of drug-likeness (QED) is 0.523. The molecule has 2 aromatic heterocycles. The van der Waals surface area contributed by atoms with E-state index in [1.54, 1.807) is 29.2 Å². The number of ether oxygens (including phenoxy) is 1. The van der Waals surface area contributed by atoms with Crippen molar-refractivity contribution in [1.29, 1.82) is 0 Å². The van der Waals surface area contributed by atoms with Gasteiger partial charge in [-0.2, -0.15) is 0 Å². The first-order chi connectivity index (χ1) is 15.5. The summed E-state index contributed by atoms with van der Waals surface area (Å²) < 4.78 is 12.5. The van der Waals surface area contributed by atoms with Gasteiger partial charge in [-0.1, -0.05) is 29.3 Å². The molecule has 1 atom stereocenters. The van der Waals surface area contributed by atoms with E-state index in [9.17, 15) is 9.59 Å². The maximum atomic E-state index is 13.5. The third kappa shape index (κ3) is 4.10. The van der Waals surface area contributed by atoms with Gasteiger partial charge in [0.25, 0.3) is 5.95 Å². The summed E-state index contributed by atoms with van der Waals surface area (Å²) in [7, 11) is 0. The highest BCUT2D eigenvalue weighted by Gasteiger charge is 2.39. The van der Waals surface area contributed by atoms with Crippen molar-refractivity contribution in [2.75, 3.05) is 13.1 Å².